The molecule has 2 heterocycles. The van der Waals surface area contributed by atoms with Crippen molar-refractivity contribution in [3.8, 4) is 0 Å². The van der Waals surface area contributed by atoms with E-state index in [1.54, 1.807) is 0 Å². The Hall–Kier alpha value is -1.63. The summed E-state index contributed by atoms with van der Waals surface area (Å²) in [7, 11) is 0. The number of ether oxygens (including phenoxy) is 4. The van der Waals surface area contributed by atoms with Crippen LogP contribution in [0.2, 0.25) is 0 Å². The Morgan fingerprint density at radius 3 is 2.42 bits per heavy atom. The van der Waals surface area contributed by atoms with Crippen molar-refractivity contribution in [2.75, 3.05) is 0 Å². The molecule has 136 valence electrons. The van der Waals surface area contributed by atoms with Crippen molar-refractivity contribution in [3.05, 3.63) is 0 Å². The molecule has 0 aromatic carbocycles. The second kappa shape index (κ2) is 7.09. The summed E-state index contributed by atoms with van der Waals surface area (Å²) in [4.78, 5) is 34.8. The molecule has 24 heavy (non-hydrogen) atoms. The molecule has 0 N–H and O–H groups in total. The van der Waals surface area contributed by atoms with Gasteiger partial charge in [0.05, 0.1) is 12.0 Å². The zero-order chi connectivity index (χ0) is 18.1. The van der Waals surface area contributed by atoms with Crippen molar-refractivity contribution in [2.24, 2.45) is 5.92 Å². The minimum absolute atomic E-state index is 0.208. The second-order valence-corrected chi connectivity index (χ2v) is 7.07. The van der Waals surface area contributed by atoms with E-state index in [0.717, 1.165) is 0 Å². The number of carbonyl (C=O) groups excluding carboxylic acids is 3. The lowest BCUT2D eigenvalue weighted by Gasteiger charge is -2.45. The number of esters is 3. The number of fused-ring (bicyclic) bond motifs is 1. The van der Waals surface area contributed by atoms with Gasteiger partial charge in [0, 0.05) is 26.2 Å². The van der Waals surface area contributed by atoms with Gasteiger partial charge < -0.3 is 18.9 Å². The largest absolute Gasteiger partial charge is 0.462 e. The first-order valence-electron chi connectivity index (χ1n) is 8.34. The van der Waals surface area contributed by atoms with Crippen molar-refractivity contribution in [3.63, 3.8) is 0 Å². The van der Waals surface area contributed by atoms with Gasteiger partial charge in [-0.05, 0) is 20.3 Å². The molecule has 2 fully saturated rings. The first-order valence-corrected chi connectivity index (χ1v) is 8.34. The normalized spacial score (nSPS) is 30.7. The van der Waals surface area contributed by atoms with Gasteiger partial charge in [-0.1, -0.05) is 6.92 Å². The molecule has 0 aliphatic carbocycles. The van der Waals surface area contributed by atoms with Crippen LogP contribution in [0, 0.1) is 5.92 Å². The number of rotatable bonds is 5. The third-order valence-electron chi connectivity index (χ3n) is 4.44. The first kappa shape index (κ1) is 18.7. The van der Waals surface area contributed by atoms with E-state index in [0.29, 0.717) is 12.8 Å². The van der Waals surface area contributed by atoms with Crippen LogP contribution >= 0.6 is 0 Å². The van der Waals surface area contributed by atoms with E-state index < -0.39 is 35.9 Å². The molecule has 0 aromatic rings. The summed E-state index contributed by atoms with van der Waals surface area (Å²) in [5.74, 6) is -1.44. The van der Waals surface area contributed by atoms with E-state index in [-0.39, 0.29) is 24.4 Å². The van der Waals surface area contributed by atoms with E-state index in [4.69, 9.17) is 18.9 Å². The van der Waals surface area contributed by atoms with Crippen LogP contribution in [0.3, 0.4) is 0 Å². The lowest BCUT2D eigenvalue weighted by Crippen LogP contribution is -2.56. The van der Waals surface area contributed by atoms with Crippen molar-refractivity contribution < 1.29 is 33.3 Å². The van der Waals surface area contributed by atoms with E-state index in [1.807, 2.05) is 20.8 Å². The Kier molecular flexibility index (Phi) is 5.52. The highest BCUT2D eigenvalue weighted by atomic mass is 16.6. The van der Waals surface area contributed by atoms with Crippen LogP contribution in [-0.2, 0) is 33.3 Å². The van der Waals surface area contributed by atoms with Gasteiger partial charge in [-0.2, -0.15) is 0 Å². The van der Waals surface area contributed by atoms with Gasteiger partial charge in [0.25, 0.3) is 0 Å². The minimum atomic E-state index is -0.780. The van der Waals surface area contributed by atoms with Crippen LogP contribution in [0.5, 0.6) is 0 Å². The molecule has 7 heteroatoms. The summed E-state index contributed by atoms with van der Waals surface area (Å²) in [6.07, 6.45) is -1.02. The van der Waals surface area contributed by atoms with E-state index in [2.05, 4.69) is 0 Å². The van der Waals surface area contributed by atoms with Gasteiger partial charge in [-0.25, -0.2) is 0 Å². The number of carbonyl (C=O) groups is 3. The zero-order valence-electron chi connectivity index (χ0n) is 14.9. The van der Waals surface area contributed by atoms with Crippen molar-refractivity contribution in [2.45, 2.75) is 83.9 Å². The third-order valence-corrected chi connectivity index (χ3v) is 4.44. The standard InChI is InChI=1S/C17H26O7/c1-6-12(21-9(2)18)16(22-10(3)19)15-11-7-14(20)23-13(11)8-17(4,5)24-15/h11-13,15-16H,6-8H2,1-5H3/t11-,12-,13-,15?,16-/m1/s1. The van der Waals surface area contributed by atoms with Gasteiger partial charge in [0.2, 0.25) is 0 Å². The average molecular weight is 342 g/mol. The smallest absolute Gasteiger partial charge is 0.306 e. The highest BCUT2D eigenvalue weighted by Gasteiger charge is 2.53. The van der Waals surface area contributed by atoms with Crippen molar-refractivity contribution in [1.82, 2.24) is 0 Å². The number of hydrogen-bond acceptors (Lipinski definition) is 7. The monoisotopic (exact) mass is 342 g/mol. The second-order valence-electron chi connectivity index (χ2n) is 7.07. The molecule has 2 aliphatic heterocycles. The van der Waals surface area contributed by atoms with E-state index in [1.165, 1.54) is 13.8 Å². The highest BCUT2D eigenvalue weighted by molar-refractivity contribution is 5.72. The lowest BCUT2D eigenvalue weighted by atomic mass is 9.80. The van der Waals surface area contributed by atoms with Crippen LogP contribution in [0.15, 0.2) is 0 Å². The summed E-state index contributed by atoms with van der Waals surface area (Å²) in [6.45, 7) is 8.26. The molecule has 5 atom stereocenters. The maximum atomic E-state index is 11.8. The summed E-state index contributed by atoms with van der Waals surface area (Å²) < 4.78 is 22.4. The maximum Gasteiger partial charge on any atom is 0.306 e. The van der Waals surface area contributed by atoms with Crippen molar-refractivity contribution in [1.29, 1.82) is 0 Å². The molecule has 0 aromatic heterocycles. The minimum Gasteiger partial charge on any atom is -0.462 e. The molecule has 0 saturated carbocycles. The summed E-state index contributed by atoms with van der Waals surface area (Å²) in [6, 6.07) is 0. The first-order chi connectivity index (χ1) is 11.1. The van der Waals surface area contributed by atoms with Crippen LogP contribution in [-0.4, -0.2) is 47.9 Å². The quantitative estimate of drug-likeness (QED) is 0.555. The molecule has 2 saturated heterocycles. The Labute approximate surface area is 142 Å². The van der Waals surface area contributed by atoms with Crippen LogP contribution in [0.1, 0.15) is 53.9 Å². The lowest BCUT2D eigenvalue weighted by molar-refractivity contribution is -0.225. The SMILES string of the molecule is CC[C@@H](OC(C)=O)[C@@H](OC(C)=O)C1OC(C)(C)C[C@H]2OC(=O)C[C@@H]12. The van der Waals surface area contributed by atoms with Gasteiger partial charge in [-0.3, -0.25) is 14.4 Å². The molecule has 0 radical (unpaired) electrons. The Morgan fingerprint density at radius 1 is 1.25 bits per heavy atom. The number of hydrogen-bond donors (Lipinski definition) is 0. The Morgan fingerprint density at radius 2 is 1.88 bits per heavy atom. The van der Waals surface area contributed by atoms with E-state index in [9.17, 15) is 14.4 Å². The fourth-order valence-corrected chi connectivity index (χ4v) is 3.59. The van der Waals surface area contributed by atoms with Gasteiger partial charge in [0.1, 0.15) is 18.3 Å². The topological polar surface area (TPSA) is 88.1 Å². The maximum absolute atomic E-state index is 11.8. The molecule has 2 aliphatic rings. The fourth-order valence-electron chi connectivity index (χ4n) is 3.59. The predicted octanol–water partition coefficient (Wildman–Crippen LogP) is 1.76. The molecule has 0 amide bonds. The van der Waals surface area contributed by atoms with Crippen LogP contribution in [0.25, 0.3) is 0 Å². The molecule has 0 bridgehead atoms. The molecular formula is C17H26O7. The van der Waals surface area contributed by atoms with Crippen molar-refractivity contribution >= 4 is 17.9 Å². The fraction of sp³-hybridized carbons (Fsp3) is 0.824. The zero-order valence-corrected chi connectivity index (χ0v) is 14.9. The molecule has 1 unspecified atom stereocenters. The summed E-state index contributed by atoms with van der Waals surface area (Å²) in [5, 5.41) is 0. The average Bonchev–Trinajstić information content (AvgIpc) is 2.80. The van der Waals surface area contributed by atoms with Gasteiger partial charge in [-0.15, -0.1) is 0 Å². The van der Waals surface area contributed by atoms with Gasteiger partial charge >= 0.3 is 17.9 Å². The molecular weight excluding hydrogens is 316 g/mol. The highest BCUT2D eigenvalue weighted by Crippen LogP contribution is 2.42. The van der Waals surface area contributed by atoms with Gasteiger partial charge in [0.15, 0.2) is 6.10 Å². The summed E-state index contributed by atoms with van der Waals surface area (Å²) in [5.41, 5.74) is -0.538. The molecule has 7 nitrogen and oxygen atoms in total. The Balaban J connectivity index is 2.32. The molecule has 0 spiro atoms. The summed E-state index contributed by atoms with van der Waals surface area (Å²) >= 11 is 0. The van der Waals surface area contributed by atoms with Crippen LogP contribution < -0.4 is 0 Å². The Bertz CT molecular complexity index is 513. The third kappa shape index (κ3) is 4.26. The van der Waals surface area contributed by atoms with Crippen LogP contribution in [0.4, 0.5) is 0 Å². The molecule has 2 rings (SSSR count). The predicted molar refractivity (Wildman–Crippen MR) is 83.0 cm³/mol. The van der Waals surface area contributed by atoms with E-state index >= 15 is 0 Å².